The second kappa shape index (κ2) is 67.4. The Bertz CT molecular complexity index is 1450. The summed E-state index contributed by atoms with van der Waals surface area (Å²) in [5, 5.41) is 0. The first-order valence-corrected chi connectivity index (χ1v) is 34.4. The monoisotopic (exact) mass is 1100 g/mol. The van der Waals surface area contributed by atoms with Gasteiger partial charge in [0.25, 0.3) is 0 Å². The highest BCUT2D eigenvalue weighted by molar-refractivity contribution is 5.71. The Morgan fingerprint density at radius 3 is 0.785 bits per heavy atom. The number of hydrogen-bond donors (Lipinski definition) is 0. The molecule has 0 bridgehead atoms. The molecule has 1 atom stereocenters. The first kappa shape index (κ1) is 75.8. The second-order valence-corrected chi connectivity index (χ2v) is 23.1. The molecule has 0 N–H and O–H groups in total. The van der Waals surface area contributed by atoms with E-state index < -0.39 is 6.10 Å². The van der Waals surface area contributed by atoms with Crippen LogP contribution in [0.2, 0.25) is 0 Å². The zero-order chi connectivity index (χ0) is 57.1. The van der Waals surface area contributed by atoms with Gasteiger partial charge < -0.3 is 14.2 Å². The number of carbonyl (C=O) groups is 3. The van der Waals surface area contributed by atoms with E-state index in [2.05, 4.69) is 93.7 Å². The van der Waals surface area contributed by atoms with Crippen molar-refractivity contribution >= 4 is 17.9 Å². The Morgan fingerprint density at radius 1 is 0.266 bits per heavy atom. The Hall–Kier alpha value is -3.15. The summed E-state index contributed by atoms with van der Waals surface area (Å²) in [6.07, 6.45) is 87.8. The van der Waals surface area contributed by atoms with Crippen LogP contribution in [0, 0.1) is 0 Å². The highest BCUT2D eigenvalue weighted by Gasteiger charge is 2.19. The van der Waals surface area contributed by atoms with Crippen LogP contribution in [-0.2, 0) is 28.6 Å². The molecule has 458 valence electrons. The topological polar surface area (TPSA) is 78.9 Å². The number of hydrogen-bond acceptors (Lipinski definition) is 6. The number of allylic oxidation sites excluding steroid dienone is 12. The maximum Gasteiger partial charge on any atom is 0.306 e. The largest absolute Gasteiger partial charge is 0.462 e. The van der Waals surface area contributed by atoms with Crippen molar-refractivity contribution in [2.45, 2.75) is 361 Å². The molecule has 0 amide bonds. The Morgan fingerprint density at radius 2 is 0.494 bits per heavy atom. The third-order valence-corrected chi connectivity index (χ3v) is 15.2. The van der Waals surface area contributed by atoms with Crippen molar-refractivity contribution in [3.63, 3.8) is 0 Å². The van der Waals surface area contributed by atoms with Gasteiger partial charge in [-0.2, -0.15) is 0 Å². The van der Waals surface area contributed by atoms with Crippen molar-refractivity contribution in [1.29, 1.82) is 0 Å². The van der Waals surface area contributed by atoms with Gasteiger partial charge in [-0.05, 0) is 89.9 Å². The maximum absolute atomic E-state index is 12.9. The fourth-order valence-electron chi connectivity index (χ4n) is 10.1. The summed E-state index contributed by atoms with van der Waals surface area (Å²) in [5.74, 6) is -0.855. The fraction of sp³-hybridized carbons (Fsp3) is 0.795. The summed E-state index contributed by atoms with van der Waals surface area (Å²) >= 11 is 0. The third-order valence-electron chi connectivity index (χ3n) is 15.2. The van der Waals surface area contributed by atoms with Gasteiger partial charge in [-0.25, -0.2) is 0 Å². The minimum Gasteiger partial charge on any atom is -0.462 e. The van der Waals surface area contributed by atoms with E-state index in [1.165, 1.54) is 225 Å². The van der Waals surface area contributed by atoms with Crippen molar-refractivity contribution in [1.82, 2.24) is 0 Å². The summed E-state index contributed by atoms with van der Waals surface area (Å²) in [6, 6.07) is 0. The molecule has 0 rings (SSSR count). The normalized spacial score (nSPS) is 12.5. The van der Waals surface area contributed by atoms with E-state index in [1.807, 2.05) is 0 Å². The van der Waals surface area contributed by atoms with E-state index in [-0.39, 0.29) is 31.1 Å². The standard InChI is InChI=1S/C73H130O6/c1-4-7-10-13-16-19-22-25-27-29-30-31-32-33-34-35-36-37-38-39-40-41-42-44-45-48-51-54-57-60-63-66-72(75)78-69-70(68-77-71(74)65-62-59-56-53-50-47-24-21-18-15-12-9-6-3)79-73(76)67-64-61-58-55-52-49-46-43-28-26-23-20-17-14-11-8-5-2/h7,10,16,19,25-28,30-31,33-34,70H,4-6,8-9,11-15,17-18,20-24,29,32,35-69H2,1-3H3/b10-7-,19-16-,27-25-,28-26-,31-30-,34-33-. The Labute approximate surface area is 491 Å². The number of ether oxygens (including phenoxy) is 3. The molecule has 0 aromatic rings. The molecule has 6 heteroatoms. The SMILES string of the molecule is CC/C=C\C/C=C\C/C=C\C/C=C\C/C=C\CCCCCCCCCCCCCCCCCC(=O)OCC(COC(=O)CCCCCCCCCCCCCCC)OC(=O)CCCCCCCCC/C=C\CCCCCCCC. The van der Waals surface area contributed by atoms with E-state index in [9.17, 15) is 14.4 Å². The molecule has 6 nitrogen and oxygen atoms in total. The van der Waals surface area contributed by atoms with E-state index in [0.29, 0.717) is 19.3 Å². The van der Waals surface area contributed by atoms with Crippen LogP contribution in [0.5, 0.6) is 0 Å². The summed E-state index contributed by atoms with van der Waals surface area (Å²) in [4.78, 5) is 38.4. The van der Waals surface area contributed by atoms with Crippen molar-refractivity contribution in [3.05, 3.63) is 72.9 Å². The van der Waals surface area contributed by atoms with Gasteiger partial charge in [0, 0.05) is 19.3 Å². The van der Waals surface area contributed by atoms with Gasteiger partial charge in [0.05, 0.1) is 0 Å². The van der Waals surface area contributed by atoms with E-state index in [1.54, 1.807) is 0 Å². The van der Waals surface area contributed by atoms with Gasteiger partial charge in [-0.1, -0.05) is 318 Å². The van der Waals surface area contributed by atoms with Gasteiger partial charge in [0.1, 0.15) is 13.2 Å². The molecule has 1 unspecified atom stereocenters. The maximum atomic E-state index is 12.9. The van der Waals surface area contributed by atoms with Gasteiger partial charge in [0.15, 0.2) is 6.10 Å². The molecule has 79 heavy (non-hydrogen) atoms. The third kappa shape index (κ3) is 65.5. The average Bonchev–Trinajstić information content (AvgIpc) is 3.45. The number of esters is 3. The molecule has 0 fully saturated rings. The van der Waals surface area contributed by atoms with Crippen molar-refractivity contribution in [3.8, 4) is 0 Å². The van der Waals surface area contributed by atoms with E-state index in [0.717, 1.165) is 89.9 Å². The minimum absolute atomic E-state index is 0.0714. The van der Waals surface area contributed by atoms with Crippen LogP contribution in [0.15, 0.2) is 72.9 Å². The molecule has 0 spiro atoms. The van der Waals surface area contributed by atoms with Crippen LogP contribution < -0.4 is 0 Å². The molecule has 0 radical (unpaired) electrons. The summed E-state index contributed by atoms with van der Waals surface area (Å²) < 4.78 is 17.0. The number of carbonyl (C=O) groups excluding carboxylic acids is 3. The number of unbranched alkanes of at least 4 members (excludes halogenated alkanes) is 40. The van der Waals surface area contributed by atoms with E-state index >= 15 is 0 Å². The van der Waals surface area contributed by atoms with Crippen molar-refractivity contribution < 1.29 is 28.6 Å². The minimum atomic E-state index is -0.775. The molecule has 0 aliphatic carbocycles. The molecular weight excluding hydrogens is 973 g/mol. The molecule has 0 aliphatic rings. The predicted molar refractivity (Wildman–Crippen MR) is 344 cm³/mol. The van der Waals surface area contributed by atoms with Gasteiger partial charge in [-0.3, -0.25) is 14.4 Å². The van der Waals surface area contributed by atoms with Crippen LogP contribution in [0.4, 0.5) is 0 Å². The molecule has 0 aromatic heterocycles. The van der Waals surface area contributed by atoms with Crippen LogP contribution >= 0.6 is 0 Å². The Balaban J connectivity index is 4.19. The van der Waals surface area contributed by atoms with Crippen LogP contribution in [0.3, 0.4) is 0 Å². The summed E-state index contributed by atoms with van der Waals surface area (Å²) in [6.45, 7) is 6.57. The fourth-order valence-corrected chi connectivity index (χ4v) is 10.1. The first-order chi connectivity index (χ1) is 39.0. The van der Waals surface area contributed by atoms with Crippen LogP contribution in [0.1, 0.15) is 355 Å². The molecule has 0 aromatic carbocycles. The van der Waals surface area contributed by atoms with Crippen LogP contribution in [-0.4, -0.2) is 37.2 Å². The zero-order valence-electron chi connectivity index (χ0n) is 52.6. The lowest BCUT2D eigenvalue weighted by Gasteiger charge is -2.18. The summed E-state index contributed by atoms with van der Waals surface area (Å²) in [7, 11) is 0. The lowest BCUT2D eigenvalue weighted by Crippen LogP contribution is -2.30. The quantitative estimate of drug-likeness (QED) is 0.0261. The molecule has 0 heterocycles. The smallest absolute Gasteiger partial charge is 0.306 e. The summed E-state index contributed by atoms with van der Waals surface area (Å²) in [5.41, 5.74) is 0. The Kier molecular flexibility index (Phi) is 64.7. The van der Waals surface area contributed by atoms with Crippen LogP contribution in [0.25, 0.3) is 0 Å². The average molecular weight is 1100 g/mol. The highest BCUT2D eigenvalue weighted by Crippen LogP contribution is 2.17. The van der Waals surface area contributed by atoms with Crippen molar-refractivity contribution in [2.24, 2.45) is 0 Å². The van der Waals surface area contributed by atoms with Gasteiger partial charge >= 0.3 is 17.9 Å². The zero-order valence-corrected chi connectivity index (χ0v) is 52.6. The molecule has 0 saturated carbocycles. The van der Waals surface area contributed by atoms with Gasteiger partial charge in [0.2, 0.25) is 0 Å². The highest BCUT2D eigenvalue weighted by atomic mass is 16.6. The predicted octanol–water partition coefficient (Wildman–Crippen LogP) is 23.7. The van der Waals surface area contributed by atoms with Gasteiger partial charge in [-0.15, -0.1) is 0 Å². The first-order valence-electron chi connectivity index (χ1n) is 34.4. The number of rotatable bonds is 63. The molecule has 0 saturated heterocycles. The van der Waals surface area contributed by atoms with E-state index in [4.69, 9.17) is 14.2 Å². The second-order valence-electron chi connectivity index (χ2n) is 23.1. The van der Waals surface area contributed by atoms with Crippen molar-refractivity contribution in [2.75, 3.05) is 13.2 Å². The molecule has 0 aliphatic heterocycles. The lowest BCUT2D eigenvalue weighted by molar-refractivity contribution is -0.167. The lowest BCUT2D eigenvalue weighted by atomic mass is 10.0. The molecular formula is C73H130O6.